The second-order valence-corrected chi connectivity index (χ2v) is 7.02. The van der Waals surface area contributed by atoms with Gasteiger partial charge in [-0.15, -0.1) is 0 Å². The van der Waals surface area contributed by atoms with E-state index < -0.39 is 17.8 Å². The van der Waals surface area contributed by atoms with Crippen LogP contribution in [-0.4, -0.2) is 31.8 Å². The Kier molecular flexibility index (Phi) is 5.15. The standard InChI is InChI=1S/C20H18F3N3O4/c21-20(22,23)13-1-3-14(4-2-13)25-19(28)24-9-12-7-18(27)26(10-12)15-5-6-16-17(8-15)30-11-29-16/h1-6,8,12H,7,9-11H2,(H2,24,25,28)/t12-/m1/s1. The molecule has 0 spiro atoms. The molecule has 0 saturated carbocycles. The van der Waals surface area contributed by atoms with Crippen LogP contribution in [0.4, 0.5) is 29.3 Å². The summed E-state index contributed by atoms with van der Waals surface area (Å²) in [6.45, 7) is 0.825. The summed E-state index contributed by atoms with van der Waals surface area (Å²) in [6, 6.07) is 8.87. The maximum absolute atomic E-state index is 12.6. The van der Waals surface area contributed by atoms with Crippen LogP contribution in [0.5, 0.6) is 11.5 Å². The molecule has 7 nitrogen and oxygen atoms in total. The number of hydrogen-bond acceptors (Lipinski definition) is 4. The van der Waals surface area contributed by atoms with Gasteiger partial charge >= 0.3 is 12.2 Å². The Morgan fingerprint density at radius 3 is 2.57 bits per heavy atom. The quantitative estimate of drug-likeness (QED) is 0.791. The number of fused-ring (bicyclic) bond motifs is 1. The average Bonchev–Trinajstić information content (AvgIpc) is 3.31. The molecule has 2 heterocycles. The molecule has 0 aliphatic carbocycles. The Labute approximate surface area is 169 Å². The van der Waals surface area contributed by atoms with Crippen molar-refractivity contribution in [2.75, 3.05) is 30.1 Å². The zero-order valence-electron chi connectivity index (χ0n) is 15.7. The van der Waals surface area contributed by atoms with Gasteiger partial charge in [-0.05, 0) is 36.4 Å². The number of nitrogens with zero attached hydrogens (tertiary/aromatic N) is 1. The molecular formula is C20H18F3N3O4. The number of anilines is 2. The molecule has 2 aliphatic heterocycles. The van der Waals surface area contributed by atoms with E-state index in [2.05, 4.69) is 10.6 Å². The van der Waals surface area contributed by atoms with Crippen molar-refractivity contribution in [3.63, 3.8) is 0 Å². The number of halogens is 3. The molecule has 1 saturated heterocycles. The normalized spacial score (nSPS) is 17.9. The summed E-state index contributed by atoms with van der Waals surface area (Å²) in [5, 5.41) is 5.14. The van der Waals surface area contributed by atoms with Gasteiger partial charge in [-0.1, -0.05) is 0 Å². The summed E-state index contributed by atoms with van der Waals surface area (Å²) in [5.41, 5.74) is 0.146. The predicted molar refractivity (Wildman–Crippen MR) is 101 cm³/mol. The number of nitrogens with one attached hydrogen (secondary N) is 2. The van der Waals surface area contributed by atoms with Gasteiger partial charge in [-0.2, -0.15) is 13.2 Å². The van der Waals surface area contributed by atoms with Crippen molar-refractivity contribution in [1.29, 1.82) is 0 Å². The second-order valence-electron chi connectivity index (χ2n) is 7.02. The molecule has 3 amide bonds. The lowest BCUT2D eigenvalue weighted by molar-refractivity contribution is -0.137. The van der Waals surface area contributed by atoms with Crippen LogP contribution in [0, 0.1) is 5.92 Å². The van der Waals surface area contributed by atoms with Crippen molar-refractivity contribution in [1.82, 2.24) is 5.32 Å². The second kappa shape index (κ2) is 7.77. The maximum atomic E-state index is 12.6. The Morgan fingerprint density at radius 1 is 1.10 bits per heavy atom. The molecule has 2 aromatic rings. The van der Waals surface area contributed by atoms with E-state index in [1.165, 1.54) is 12.1 Å². The van der Waals surface area contributed by atoms with E-state index >= 15 is 0 Å². The third kappa shape index (κ3) is 4.27. The number of ether oxygens (including phenoxy) is 2. The summed E-state index contributed by atoms with van der Waals surface area (Å²) >= 11 is 0. The lowest BCUT2D eigenvalue weighted by Crippen LogP contribution is -2.34. The molecule has 1 atom stereocenters. The van der Waals surface area contributed by atoms with E-state index in [0.29, 0.717) is 23.7 Å². The van der Waals surface area contributed by atoms with Crippen molar-refractivity contribution in [3.8, 4) is 11.5 Å². The van der Waals surface area contributed by atoms with E-state index in [9.17, 15) is 22.8 Å². The van der Waals surface area contributed by atoms with Crippen LogP contribution < -0.4 is 25.0 Å². The Balaban J connectivity index is 1.29. The van der Waals surface area contributed by atoms with Gasteiger partial charge < -0.3 is 25.0 Å². The number of urea groups is 1. The first kappa shape index (κ1) is 19.9. The van der Waals surface area contributed by atoms with Crippen molar-refractivity contribution >= 4 is 23.3 Å². The van der Waals surface area contributed by atoms with Gasteiger partial charge in [0.05, 0.1) is 5.56 Å². The highest BCUT2D eigenvalue weighted by Crippen LogP contribution is 2.37. The van der Waals surface area contributed by atoms with E-state index in [0.717, 1.165) is 12.1 Å². The SMILES string of the molecule is O=C(NC[C@H]1CC(=O)N(c2ccc3c(c2)OCO3)C1)Nc1ccc(C(F)(F)F)cc1. The van der Waals surface area contributed by atoms with Crippen molar-refractivity contribution in [2.45, 2.75) is 12.6 Å². The molecule has 0 bridgehead atoms. The molecule has 4 rings (SSSR count). The van der Waals surface area contributed by atoms with E-state index in [1.807, 2.05) is 0 Å². The zero-order valence-corrected chi connectivity index (χ0v) is 15.7. The first-order valence-corrected chi connectivity index (χ1v) is 9.22. The molecule has 30 heavy (non-hydrogen) atoms. The van der Waals surface area contributed by atoms with Gasteiger partial charge in [-0.25, -0.2) is 4.79 Å². The molecule has 0 radical (unpaired) electrons. The van der Waals surface area contributed by atoms with E-state index in [4.69, 9.17) is 9.47 Å². The number of alkyl halides is 3. The van der Waals surface area contributed by atoms with Crippen LogP contribution in [0.3, 0.4) is 0 Å². The smallest absolute Gasteiger partial charge is 0.416 e. The number of amides is 3. The summed E-state index contributed by atoms with van der Waals surface area (Å²) < 4.78 is 48.3. The molecule has 2 N–H and O–H groups in total. The van der Waals surface area contributed by atoms with Gasteiger partial charge in [0.1, 0.15) is 0 Å². The Hall–Kier alpha value is -3.43. The fraction of sp³-hybridized carbons (Fsp3) is 0.300. The number of hydrogen-bond donors (Lipinski definition) is 2. The highest BCUT2D eigenvalue weighted by atomic mass is 19.4. The number of carbonyl (C=O) groups is 2. The summed E-state index contributed by atoms with van der Waals surface area (Å²) in [4.78, 5) is 26.0. The van der Waals surface area contributed by atoms with Gasteiger partial charge in [-0.3, -0.25) is 4.79 Å². The molecule has 1 fully saturated rings. The average molecular weight is 421 g/mol. The summed E-state index contributed by atoms with van der Waals surface area (Å²) in [6.07, 6.45) is -4.16. The van der Waals surface area contributed by atoms with E-state index in [-0.39, 0.29) is 37.3 Å². The van der Waals surface area contributed by atoms with Crippen molar-refractivity contribution in [3.05, 3.63) is 48.0 Å². The molecular weight excluding hydrogens is 403 g/mol. The maximum Gasteiger partial charge on any atom is 0.416 e. The van der Waals surface area contributed by atoms with Crippen LogP contribution >= 0.6 is 0 Å². The summed E-state index contributed by atoms with van der Waals surface area (Å²) in [5.74, 6) is 1.05. The van der Waals surface area contributed by atoms with Crippen LogP contribution in [0.1, 0.15) is 12.0 Å². The zero-order chi connectivity index (χ0) is 21.3. The highest BCUT2D eigenvalue weighted by molar-refractivity contribution is 5.96. The third-order valence-corrected chi connectivity index (χ3v) is 4.89. The Morgan fingerprint density at radius 2 is 1.83 bits per heavy atom. The van der Waals surface area contributed by atoms with E-state index in [1.54, 1.807) is 23.1 Å². The number of carbonyl (C=O) groups excluding carboxylic acids is 2. The minimum absolute atomic E-state index is 0.0659. The fourth-order valence-electron chi connectivity index (χ4n) is 3.38. The number of rotatable bonds is 4. The van der Waals surface area contributed by atoms with Gasteiger partial charge in [0, 0.05) is 42.9 Å². The van der Waals surface area contributed by atoms with Crippen molar-refractivity contribution in [2.24, 2.45) is 5.92 Å². The lowest BCUT2D eigenvalue weighted by atomic mass is 10.1. The number of benzene rings is 2. The first-order chi connectivity index (χ1) is 14.3. The molecule has 10 heteroatoms. The first-order valence-electron chi connectivity index (χ1n) is 9.22. The van der Waals surface area contributed by atoms with Gasteiger partial charge in [0.2, 0.25) is 12.7 Å². The van der Waals surface area contributed by atoms with Crippen LogP contribution in [0.25, 0.3) is 0 Å². The topological polar surface area (TPSA) is 79.9 Å². The Bertz CT molecular complexity index is 963. The summed E-state index contributed by atoms with van der Waals surface area (Å²) in [7, 11) is 0. The minimum Gasteiger partial charge on any atom is -0.454 e. The van der Waals surface area contributed by atoms with Gasteiger partial charge in [0.15, 0.2) is 11.5 Å². The minimum atomic E-state index is -4.43. The monoisotopic (exact) mass is 421 g/mol. The predicted octanol–water partition coefficient (Wildman–Crippen LogP) is 3.61. The molecule has 2 aliphatic rings. The van der Waals surface area contributed by atoms with Gasteiger partial charge in [0.25, 0.3) is 0 Å². The molecule has 0 unspecified atom stereocenters. The largest absolute Gasteiger partial charge is 0.454 e. The lowest BCUT2D eigenvalue weighted by Gasteiger charge is -2.17. The highest BCUT2D eigenvalue weighted by Gasteiger charge is 2.32. The fourth-order valence-corrected chi connectivity index (χ4v) is 3.38. The van der Waals surface area contributed by atoms with Crippen LogP contribution in [0.15, 0.2) is 42.5 Å². The molecule has 158 valence electrons. The third-order valence-electron chi connectivity index (χ3n) is 4.89. The van der Waals surface area contributed by atoms with Crippen LogP contribution in [0.2, 0.25) is 0 Å². The van der Waals surface area contributed by atoms with Crippen LogP contribution in [-0.2, 0) is 11.0 Å². The molecule has 0 aromatic heterocycles. The van der Waals surface area contributed by atoms with Crippen molar-refractivity contribution < 1.29 is 32.2 Å². The molecule has 2 aromatic carbocycles.